The lowest BCUT2D eigenvalue weighted by atomic mass is 9.94. The number of halogens is 10. The monoisotopic (exact) mass is 577 g/mol. The normalized spacial score (nSPS) is 12.7. The molecule has 0 saturated heterocycles. The Morgan fingerprint density at radius 3 is 2.00 bits per heavy atom. The highest BCUT2D eigenvalue weighted by atomic mass is 35.5. The van der Waals surface area contributed by atoms with Crippen LogP contribution in [0.15, 0.2) is 42.7 Å². The molecule has 35 heavy (non-hydrogen) atoms. The molecule has 3 rings (SSSR count). The summed E-state index contributed by atoms with van der Waals surface area (Å²) in [6.07, 6.45) is -9.84. The van der Waals surface area contributed by atoms with Crippen LogP contribution in [0.25, 0.3) is 16.8 Å². The molecule has 0 aliphatic carbocycles. The molecule has 0 bridgehead atoms. The number of aromatic nitrogens is 2. The molecule has 3 nitrogen and oxygen atoms in total. The number of nitrogens with one attached hydrogen (secondary N) is 1. The predicted octanol–water partition coefficient (Wildman–Crippen LogP) is 8.23. The van der Waals surface area contributed by atoms with Gasteiger partial charge in [0, 0.05) is 28.9 Å². The first-order valence-electron chi connectivity index (χ1n) is 9.46. The largest absolute Gasteiger partial charge is 0.435 e. The van der Waals surface area contributed by atoms with Crippen LogP contribution >= 0.6 is 47.0 Å². The summed E-state index contributed by atoms with van der Waals surface area (Å²) < 4.78 is 94.1. The zero-order chi connectivity index (χ0) is 26.3. The maximum Gasteiger partial charge on any atom is 0.435 e. The van der Waals surface area contributed by atoms with Crippen molar-refractivity contribution in [1.82, 2.24) is 15.1 Å². The number of thiocarbonyl (C=S) groups is 1. The Balaban J connectivity index is 2.03. The van der Waals surface area contributed by atoms with Crippen molar-refractivity contribution >= 4 is 52.0 Å². The number of benzene rings is 2. The molecular weight excluding hydrogens is 566 g/mol. The fraction of sp³-hybridized carbons (Fsp3) is 0.238. The van der Waals surface area contributed by atoms with Crippen LogP contribution in [0, 0.1) is 0 Å². The van der Waals surface area contributed by atoms with Crippen molar-refractivity contribution in [3.63, 3.8) is 0 Å². The van der Waals surface area contributed by atoms with Gasteiger partial charge in [0.2, 0.25) is 0 Å². The number of rotatable bonds is 5. The molecule has 1 aromatic heterocycles. The molecule has 0 fully saturated rings. The van der Waals surface area contributed by atoms with Gasteiger partial charge in [0.1, 0.15) is 5.69 Å². The van der Waals surface area contributed by atoms with Gasteiger partial charge in [-0.25, -0.2) is 9.07 Å². The smallest absolute Gasteiger partial charge is 0.376 e. The summed E-state index contributed by atoms with van der Waals surface area (Å²) >= 11 is 23.1. The van der Waals surface area contributed by atoms with E-state index in [1.54, 1.807) is 25.1 Å². The molecule has 0 spiro atoms. The van der Waals surface area contributed by atoms with E-state index in [1.807, 2.05) is 0 Å². The third-order valence-corrected chi connectivity index (χ3v) is 6.00. The van der Waals surface area contributed by atoms with Crippen molar-refractivity contribution in [2.45, 2.75) is 31.5 Å². The van der Waals surface area contributed by atoms with Crippen LogP contribution in [-0.4, -0.2) is 27.1 Å². The van der Waals surface area contributed by atoms with Gasteiger partial charge in [0.15, 0.2) is 0 Å². The summed E-state index contributed by atoms with van der Waals surface area (Å²) in [5.41, 5.74) is -5.85. The second-order valence-corrected chi connectivity index (χ2v) is 9.17. The lowest BCUT2D eigenvalue weighted by Gasteiger charge is -2.30. The minimum atomic E-state index is -6.30. The highest BCUT2D eigenvalue weighted by Crippen LogP contribution is 2.54. The fourth-order valence-electron chi connectivity index (χ4n) is 3.17. The van der Waals surface area contributed by atoms with Crippen LogP contribution in [-0.2, 0) is 12.2 Å². The second-order valence-electron chi connectivity index (χ2n) is 7.33. The summed E-state index contributed by atoms with van der Waals surface area (Å²) in [7, 11) is 0. The molecule has 0 unspecified atom stereocenters. The van der Waals surface area contributed by atoms with Gasteiger partial charge in [0.25, 0.3) is 0 Å². The van der Waals surface area contributed by atoms with Crippen molar-refractivity contribution in [3.8, 4) is 16.8 Å². The molecule has 1 N–H and O–H groups in total. The van der Waals surface area contributed by atoms with Crippen LogP contribution in [0.2, 0.25) is 15.1 Å². The average Bonchev–Trinajstić information content (AvgIpc) is 3.19. The van der Waals surface area contributed by atoms with E-state index in [9.17, 15) is 30.7 Å². The van der Waals surface area contributed by atoms with Crippen LogP contribution < -0.4 is 5.32 Å². The highest BCUT2D eigenvalue weighted by molar-refractivity contribution is 7.80. The third-order valence-electron chi connectivity index (χ3n) is 4.91. The fourth-order valence-corrected chi connectivity index (χ4v) is 4.09. The lowest BCUT2D eigenvalue weighted by Crippen LogP contribution is -2.50. The van der Waals surface area contributed by atoms with Crippen LogP contribution in [0.1, 0.15) is 18.1 Å². The van der Waals surface area contributed by atoms with Crippen molar-refractivity contribution in [2.24, 2.45) is 0 Å². The van der Waals surface area contributed by atoms with E-state index in [4.69, 9.17) is 47.0 Å². The van der Waals surface area contributed by atoms with E-state index in [0.29, 0.717) is 33.2 Å². The summed E-state index contributed by atoms with van der Waals surface area (Å²) in [6, 6.07) is 5.50. The summed E-state index contributed by atoms with van der Waals surface area (Å²) in [5, 5.41) is 6.13. The molecule has 0 atom stereocenters. The van der Waals surface area contributed by atoms with Crippen LogP contribution in [0.3, 0.4) is 0 Å². The predicted molar refractivity (Wildman–Crippen MR) is 124 cm³/mol. The molecule has 188 valence electrons. The first-order chi connectivity index (χ1) is 16.1. The van der Waals surface area contributed by atoms with Crippen molar-refractivity contribution < 1.29 is 30.7 Å². The number of hydrogen-bond acceptors (Lipinski definition) is 2. The standard InChI is InChI=1S/C21H13Cl3F7N3S/c1-10(35)32-7-12-4-11(2-3-15(12)22)13-8-33-34(9-13)18-16(23)5-14(6-17(18)24)19(25,20(26,27)28)21(29,30)31/h2-6,8-9H,7H2,1H3,(H,32,35). The van der Waals surface area contributed by atoms with Crippen molar-refractivity contribution in [2.75, 3.05) is 0 Å². The van der Waals surface area contributed by atoms with E-state index in [0.717, 1.165) is 4.68 Å². The zero-order valence-corrected chi connectivity index (χ0v) is 20.4. The number of hydrogen-bond donors (Lipinski definition) is 1. The average molecular weight is 579 g/mol. The first kappa shape index (κ1) is 27.5. The first-order valence-corrected chi connectivity index (χ1v) is 11.0. The third kappa shape index (κ3) is 5.37. The number of nitrogens with zero attached hydrogens (tertiary/aromatic N) is 2. The molecule has 2 aromatic carbocycles. The maximum absolute atomic E-state index is 14.4. The van der Waals surface area contributed by atoms with Gasteiger partial charge in [-0.1, -0.05) is 53.1 Å². The van der Waals surface area contributed by atoms with E-state index in [1.165, 1.54) is 12.4 Å². The summed E-state index contributed by atoms with van der Waals surface area (Å²) in [6.45, 7) is 2.05. The molecule has 0 aliphatic rings. The van der Waals surface area contributed by atoms with E-state index >= 15 is 0 Å². The lowest BCUT2D eigenvalue weighted by molar-refractivity contribution is -0.348. The van der Waals surface area contributed by atoms with Gasteiger partial charge in [-0.3, -0.25) is 0 Å². The van der Waals surface area contributed by atoms with E-state index in [-0.39, 0.29) is 17.8 Å². The zero-order valence-electron chi connectivity index (χ0n) is 17.3. The van der Waals surface area contributed by atoms with Crippen molar-refractivity contribution in [3.05, 3.63) is 68.9 Å². The van der Waals surface area contributed by atoms with Gasteiger partial charge >= 0.3 is 18.0 Å². The van der Waals surface area contributed by atoms with Crippen molar-refractivity contribution in [1.29, 1.82) is 0 Å². The Hall–Kier alpha value is -2.08. The molecule has 0 aliphatic heterocycles. The Morgan fingerprint density at radius 2 is 1.49 bits per heavy atom. The summed E-state index contributed by atoms with van der Waals surface area (Å²) in [5.74, 6) is 0. The van der Waals surface area contributed by atoms with Crippen LogP contribution in [0.4, 0.5) is 30.7 Å². The van der Waals surface area contributed by atoms with Gasteiger partial charge in [0.05, 0.1) is 21.2 Å². The SMILES string of the molecule is CC(=S)NCc1cc(-c2cnn(-c3c(Cl)cc(C(F)(C(F)(F)F)C(F)(F)F)cc3Cl)c2)ccc1Cl. The van der Waals surface area contributed by atoms with Gasteiger partial charge < -0.3 is 5.32 Å². The Kier molecular flexibility index (Phi) is 7.67. The molecule has 1 heterocycles. The molecule has 0 radical (unpaired) electrons. The van der Waals surface area contributed by atoms with Gasteiger partial charge in [-0.15, -0.1) is 0 Å². The van der Waals surface area contributed by atoms with Crippen LogP contribution in [0.5, 0.6) is 0 Å². The molecule has 14 heteroatoms. The Labute approximate surface area is 214 Å². The Morgan fingerprint density at radius 1 is 0.914 bits per heavy atom. The topological polar surface area (TPSA) is 29.9 Å². The molecule has 0 saturated carbocycles. The van der Waals surface area contributed by atoms with E-state index < -0.39 is 33.6 Å². The van der Waals surface area contributed by atoms with Gasteiger partial charge in [-0.2, -0.15) is 31.4 Å². The summed E-state index contributed by atoms with van der Waals surface area (Å²) in [4.78, 5) is 0.556. The molecule has 0 amide bonds. The minimum Gasteiger partial charge on any atom is -0.376 e. The Bertz CT molecular complexity index is 1230. The molecule has 3 aromatic rings. The number of alkyl halides is 7. The van der Waals surface area contributed by atoms with Gasteiger partial charge in [-0.05, 0) is 42.3 Å². The highest BCUT2D eigenvalue weighted by Gasteiger charge is 2.73. The quantitative estimate of drug-likeness (QED) is 0.244. The maximum atomic E-state index is 14.4. The second kappa shape index (κ2) is 9.76. The minimum absolute atomic E-state index is 0.227. The van der Waals surface area contributed by atoms with E-state index in [2.05, 4.69) is 10.4 Å². The molecular formula is C21H13Cl3F7N3S.